The van der Waals surface area contributed by atoms with Crippen molar-refractivity contribution in [3.63, 3.8) is 0 Å². The first-order chi connectivity index (χ1) is 6.77. The Morgan fingerprint density at radius 2 is 2.00 bits per heavy atom. The summed E-state index contributed by atoms with van der Waals surface area (Å²) in [5.74, 6) is 0. The summed E-state index contributed by atoms with van der Waals surface area (Å²) in [5.41, 5.74) is 8.43. The molecule has 78 valence electrons. The predicted molar refractivity (Wildman–Crippen MR) is 62.6 cm³/mol. The van der Waals surface area contributed by atoms with Crippen molar-refractivity contribution in [1.82, 2.24) is 0 Å². The highest BCUT2D eigenvalue weighted by atomic mass is 14.9. The molecule has 3 N–H and O–H groups in total. The third-order valence-corrected chi connectivity index (χ3v) is 2.48. The highest BCUT2D eigenvalue weighted by Crippen LogP contribution is 2.15. The zero-order valence-corrected chi connectivity index (χ0v) is 9.09. The van der Waals surface area contributed by atoms with Crippen molar-refractivity contribution in [3.05, 3.63) is 29.8 Å². The lowest BCUT2D eigenvalue weighted by molar-refractivity contribution is 0.679. The number of para-hydroxylation sites is 1. The van der Waals surface area contributed by atoms with E-state index in [-0.39, 0.29) is 6.04 Å². The highest BCUT2D eigenvalue weighted by Gasteiger charge is 2.01. The highest BCUT2D eigenvalue weighted by molar-refractivity contribution is 5.51. The number of benzene rings is 1. The van der Waals surface area contributed by atoms with E-state index in [4.69, 9.17) is 5.73 Å². The summed E-state index contributed by atoms with van der Waals surface area (Å²) in [7, 11) is 0. The molecule has 0 aliphatic heterocycles. The lowest BCUT2D eigenvalue weighted by Crippen LogP contribution is -2.28. The van der Waals surface area contributed by atoms with Crippen molar-refractivity contribution in [2.24, 2.45) is 5.73 Å². The SMILES string of the molecule is CCc1ccccc1NCC(N)CC. The second kappa shape index (κ2) is 5.66. The first kappa shape index (κ1) is 11.1. The Balaban J connectivity index is 2.57. The molecule has 1 atom stereocenters. The molecule has 1 unspecified atom stereocenters. The van der Waals surface area contributed by atoms with Gasteiger partial charge >= 0.3 is 0 Å². The average Bonchev–Trinajstić information content (AvgIpc) is 2.26. The maximum atomic E-state index is 5.85. The van der Waals surface area contributed by atoms with Crippen LogP contribution in [0.3, 0.4) is 0 Å². The van der Waals surface area contributed by atoms with Crippen molar-refractivity contribution < 1.29 is 0 Å². The van der Waals surface area contributed by atoms with Gasteiger partial charge in [-0.3, -0.25) is 0 Å². The second-order valence-electron chi connectivity index (χ2n) is 3.56. The zero-order chi connectivity index (χ0) is 10.4. The largest absolute Gasteiger partial charge is 0.383 e. The molecule has 0 saturated carbocycles. The number of aryl methyl sites for hydroxylation is 1. The Morgan fingerprint density at radius 3 is 2.64 bits per heavy atom. The van der Waals surface area contributed by atoms with Gasteiger partial charge in [-0.05, 0) is 24.5 Å². The van der Waals surface area contributed by atoms with Crippen LogP contribution < -0.4 is 11.1 Å². The number of anilines is 1. The van der Waals surface area contributed by atoms with Crippen molar-refractivity contribution in [3.8, 4) is 0 Å². The summed E-state index contributed by atoms with van der Waals surface area (Å²) >= 11 is 0. The minimum absolute atomic E-state index is 0.250. The Bertz CT molecular complexity index is 271. The van der Waals surface area contributed by atoms with Gasteiger partial charge in [-0.15, -0.1) is 0 Å². The van der Waals surface area contributed by atoms with Crippen LogP contribution in [-0.4, -0.2) is 12.6 Å². The van der Waals surface area contributed by atoms with Crippen molar-refractivity contribution in [2.45, 2.75) is 32.7 Å². The molecule has 0 aliphatic rings. The van der Waals surface area contributed by atoms with Crippen LogP contribution in [0.1, 0.15) is 25.8 Å². The third kappa shape index (κ3) is 3.04. The van der Waals surface area contributed by atoms with E-state index in [9.17, 15) is 0 Å². The summed E-state index contributed by atoms with van der Waals surface area (Å²) in [6.07, 6.45) is 2.08. The number of rotatable bonds is 5. The van der Waals surface area contributed by atoms with E-state index in [1.54, 1.807) is 0 Å². The van der Waals surface area contributed by atoms with Crippen LogP contribution in [0.15, 0.2) is 24.3 Å². The van der Waals surface area contributed by atoms with Crippen LogP contribution in [-0.2, 0) is 6.42 Å². The molecule has 0 fully saturated rings. The minimum atomic E-state index is 0.250. The van der Waals surface area contributed by atoms with Crippen LogP contribution >= 0.6 is 0 Å². The van der Waals surface area contributed by atoms with Gasteiger partial charge < -0.3 is 11.1 Å². The van der Waals surface area contributed by atoms with Crippen LogP contribution in [0.25, 0.3) is 0 Å². The molecule has 0 amide bonds. The summed E-state index contributed by atoms with van der Waals surface area (Å²) in [6.45, 7) is 5.13. The summed E-state index contributed by atoms with van der Waals surface area (Å²) in [5, 5.41) is 3.39. The molecule has 1 aromatic carbocycles. The smallest absolute Gasteiger partial charge is 0.0373 e. The molecule has 0 heterocycles. The number of hydrogen-bond donors (Lipinski definition) is 2. The van der Waals surface area contributed by atoms with Gasteiger partial charge in [0.05, 0.1) is 0 Å². The van der Waals surface area contributed by atoms with Gasteiger partial charge in [-0.1, -0.05) is 32.0 Å². The topological polar surface area (TPSA) is 38.0 Å². The molecule has 14 heavy (non-hydrogen) atoms. The third-order valence-electron chi connectivity index (χ3n) is 2.48. The van der Waals surface area contributed by atoms with Crippen LogP contribution in [0.4, 0.5) is 5.69 Å². The molecule has 0 aromatic heterocycles. The molecule has 0 aliphatic carbocycles. The first-order valence-corrected chi connectivity index (χ1v) is 5.35. The van der Waals surface area contributed by atoms with E-state index in [2.05, 4.69) is 43.4 Å². The van der Waals surface area contributed by atoms with Crippen molar-refractivity contribution >= 4 is 5.69 Å². The van der Waals surface area contributed by atoms with Gasteiger partial charge in [0.15, 0.2) is 0 Å². The second-order valence-corrected chi connectivity index (χ2v) is 3.56. The Morgan fingerprint density at radius 1 is 1.29 bits per heavy atom. The zero-order valence-electron chi connectivity index (χ0n) is 9.09. The Hall–Kier alpha value is -1.02. The maximum Gasteiger partial charge on any atom is 0.0373 e. The molecule has 0 bridgehead atoms. The molecule has 0 radical (unpaired) electrons. The van der Waals surface area contributed by atoms with Gasteiger partial charge in [0.2, 0.25) is 0 Å². The van der Waals surface area contributed by atoms with E-state index >= 15 is 0 Å². The quantitative estimate of drug-likeness (QED) is 0.751. The molecule has 2 heteroatoms. The Labute approximate surface area is 86.5 Å². The molecule has 0 spiro atoms. The normalized spacial score (nSPS) is 12.5. The first-order valence-electron chi connectivity index (χ1n) is 5.35. The van der Waals surface area contributed by atoms with Crippen LogP contribution in [0.2, 0.25) is 0 Å². The average molecular weight is 192 g/mol. The van der Waals surface area contributed by atoms with Gasteiger partial charge in [0.25, 0.3) is 0 Å². The van der Waals surface area contributed by atoms with E-state index in [1.807, 2.05) is 0 Å². The van der Waals surface area contributed by atoms with E-state index in [0.717, 1.165) is 19.4 Å². The number of nitrogens with two attached hydrogens (primary N) is 1. The monoisotopic (exact) mass is 192 g/mol. The fourth-order valence-corrected chi connectivity index (χ4v) is 1.39. The standard InChI is InChI=1S/C12H20N2/c1-3-10-7-5-6-8-12(10)14-9-11(13)4-2/h5-8,11,14H,3-4,9,13H2,1-2H3. The molecule has 0 saturated heterocycles. The fraction of sp³-hybridized carbons (Fsp3) is 0.500. The summed E-state index contributed by atoms with van der Waals surface area (Å²) in [4.78, 5) is 0. The Kier molecular flexibility index (Phi) is 4.47. The lowest BCUT2D eigenvalue weighted by atomic mass is 10.1. The van der Waals surface area contributed by atoms with Crippen LogP contribution in [0, 0.1) is 0 Å². The van der Waals surface area contributed by atoms with E-state index in [1.165, 1.54) is 11.3 Å². The molecule has 2 nitrogen and oxygen atoms in total. The van der Waals surface area contributed by atoms with Crippen molar-refractivity contribution in [2.75, 3.05) is 11.9 Å². The minimum Gasteiger partial charge on any atom is -0.383 e. The molecular weight excluding hydrogens is 172 g/mol. The maximum absolute atomic E-state index is 5.85. The number of nitrogens with one attached hydrogen (secondary N) is 1. The van der Waals surface area contributed by atoms with Gasteiger partial charge in [-0.25, -0.2) is 0 Å². The number of hydrogen-bond acceptors (Lipinski definition) is 2. The molecule has 1 aromatic rings. The van der Waals surface area contributed by atoms with Gasteiger partial charge in [-0.2, -0.15) is 0 Å². The molecular formula is C12H20N2. The van der Waals surface area contributed by atoms with Gasteiger partial charge in [0, 0.05) is 18.3 Å². The summed E-state index contributed by atoms with van der Waals surface area (Å²) in [6, 6.07) is 8.64. The predicted octanol–water partition coefficient (Wildman–Crippen LogP) is 2.40. The fourth-order valence-electron chi connectivity index (χ4n) is 1.39. The lowest BCUT2D eigenvalue weighted by Gasteiger charge is -2.14. The van der Waals surface area contributed by atoms with E-state index in [0.29, 0.717) is 0 Å². The summed E-state index contributed by atoms with van der Waals surface area (Å²) < 4.78 is 0. The van der Waals surface area contributed by atoms with Crippen molar-refractivity contribution in [1.29, 1.82) is 0 Å². The van der Waals surface area contributed by atoms with E-state index < -0.39 is 0 Å². The van der Waals surface area contributed by atoms with Crippen LogP contribution in [0.5, 0.6) is 0 Å². The van der Waals surface area contributed by atoms with Gasteiger partial charge in [0.1, 0.15) is 0 Å². The molecule has 1 rings (SSSR count).